The summed E-state index contributed by atoms with van der Waals surface area (Å²) in [7, 11) is -2.25. The van der Waals surface area contributed by atoms with E-state index in [9.17, 15) is 8.42 Å². The van der Waals surface area contributed by atoms with Crippen molar-refractivity contribution in [2.45, 2.75) is 11.8 Å². The topological polar surface area (TPSA) is 46.6 Å². The van der Waals surface area contributed by atoms with Gasteiger partial charge in [0, 0.05) is 11.6 Å². The summed E-state index contributed by atoms with van der Waals surface area (Å²) in [6.07, 6.45) is 0. The SMILES string of the molecule is CCN(c1cc(Cl)ccc1OC)S(=O)(=O)c1ccc2ccccc2c1. The first-order valence-electron chi connectivity index (χ1n) is 7.82. The second-order valence-electron chi connectivity index (χ2n) is 5.49. The lowest BCUT2D eigenvalue weighted by Gasteiger charge is -2.25. The highest BCUT2D eigenvalue weighted by Gasteiger charge is 2.26. The van der Waals surface area contributed by atoms with Crippen LogP contribution in [0.1, 0.15) is 6.92 Å². The summed E-state index contributed by atoms with van der Waals surface area (Å²) < 4.78 is 33.1. The van der Waals surface area contributed by atoms with E-state index in [1.54, 1.807) is 37.3 Å². The molecular formula is C19H18ClNO3S. The maximum atomic E-state index is 13.2. The van der Waals surface area contributed by atoms with Gasteiger partial charge in [-0.2, -0.15) is 0 Å². The molecule has 0 aromatic heterocycles. The Kier molecular flexibility index (Phi) is 4.88. The number of hydrogen-bond donors (Lipinski definition) is 0. The van der Waals surface area contributed by atoms with Gasteiger partial charge in [-0.1, -0.05) is 41.9 Å². The van der Waals surface area contributed by atoms with Crippen LogP contribution < -0.4 is 9.04 Å². The highest BCUT2D eigenvalue weighted by molar-refractivity contribution is 7.92. The molecule has 130 valence electrons. The molecule has 0 aliphatic rings. The molecule has 3 rings (SSSR count). The highest BCUT2D eigenvalue weighted by atomic mass is 35.5. The molecule has 4 nitrogen and oxygen atoms in total. The Morgan fingerprint density at radius 2 is 1.72 bits per heavy atom. The zero-order chi connectivity index (χ0) is 18.0. The minimum Gasteiger partial charge on any atom is -0.495 e. The standard InChI is InChI=1S/C19H18ClNO3S/c1-3-21(18-13-16(20)9-11-19(18)24-2)25(22,23)17-10-8-14-6-4-5-7-15(14)12-17/h4-13H,3H2,1-2H3. The summed E-state index contributed by atoms with van der Waals surface area (Å²) in [4.78, 5) is 0.232. The molecule has 0 heterocycles. The fraction of sp³-hybridized carbons (Fsp3) is 0.158. The van der Waals surface area contributed by atoms with E-state index in [2.05, 4.69) is 0 Å². The van der Waals surface area contributed by atoms with Crippen LogP contribution in [0.2, 0.25) is 5.02 Å². The van der Waals surface area contributed by atoms with Crippen LogP contribution in [0.5, 0.6) is 5.75 Å². The minimum absolute atomic E-state index is 0.232. The summed E-state index contributed by atoms with van der Waals surface area (Å²) in [5.41, 5.74) is 0.422. The van der Waals surface area contributed by atoms with Gasteiger partial charge in [-0.25, -0.2) is 8.42 Å². The van der Waals surface area contributed by atoms with Crippen LogP contribution in [-0.2, 0) is 10.0 Å². The van der Waals surface area contributed by atoms with E-state index < -0.39 is 10.0 Å². The number of methoxy groups -OCH3 is 1. The predicted molar refractivity (Wildman–Crippen MR) is 102 cm³/mol. The molecule has 0 unspecified atom stereocenters. The third kappa shape index (κ3) is 3.30. The van der Waals surface area contributed by atoms with Crippen LogP contribution in [0.3, 0.4) is 0 Å². The second-order valence-corrected chi connectivity index (χ2v) is 7.79. The van der Waals surface area contributed by atoms with Crippen molar-refractivity contribution < 1.29 is 13.2 Å². The molecule has 6 heteroatoms. The summed E-state index contributed by atoms with van der Waals surface area (Å²) in [5.74, 6) is 0.454. The van der Waals surface area contributed by atoms with Gasteiger partial charge in [-0.3, -0.25) is 4.31 Å². The number of nitrogens with zero attached hydrogens (tertiary/aromatic N) is 1. The van der Waals surface area contributed by atoms with E-state index in [1.807, 2.05) is 30.3 Å². The van der Waals surface area contributed by atoms with Gasteiger partial charge >= 0.3 is 0 Å². The third-order valence-electron chi connectivity index (χ3n) is 4.01. The lowest BCUT2D eigenvalue weighted by Crippen LogP contribution is -2.31. The summed E-state index contributed by atoms with van der Waals surface area (Å²) >= 11 is 6.07. The summed E-state index contributed by atoms with van der Waals surface area (Å²) in [5, 5.41) is 2.31. The normalized spacial score (nSPS) is 11.5. The van der Waals surface area contributed by atoms with E-state index in [-0.39, 0.29) is 11.4 Å². The first kappa shape index (κ1) is 17.6. The molecule has 3 aromatic carbocycles. The lowest BCUT2D eigenvalue weighted by atomic mass is 10.1. The van der Waals surface area contributed by atoms with Crippen molar-refractivity contribution in [2.75, 3.05) is 18.0 Å². The largest absolute Gasteiger partial charge is 0.495 e. The maximum Gasteiger partial charge on any atom is 0.264 e. The Balaban J connectivity index is 2.14. The molecule has 0 spiro atoms. The van der Waals surface area contributed by atoms with E-state index in [0.717, 1.165) is 10.8 Å². The van der Waals surface area contributed by atoms with Gasteiger partial charge in [-0.05, 0) is 48.0 Å². The van der Waals surface area contributed by atoms with Crippen molar-refractivity contribution in [3.63, 3.8) is 0 Å². The molecule has 25 heavy (non-hydrogen) atoms. The quantitative estimate of drug-likeness (QED) is 0.648. The van der Waals surface area contributed by atoms with Crippen molar-refractivity contribution in [2.24, 2.45) is 0 Å². The van der Waals surface area contributed by atoms with Crippen LogP contribution in [0.15, 0.2) is 65.6 Å². The Hall–Kier alpha value is -2.24. The minimum atomic E-state index is -3.75. The molecule has 0 aliphatic carbocycles. The number of rotatable bonds is 5. The molecule has 3 aromatic rings. The van der Waals surface area contributed by atoms with Crippen molar-refractivity contribution >= 4 is 38.1 Å². The van der Waals surface area contributed by atoms with Gasteiger partial charge in [-0.15, -0.1) is 0 Å². The van der Waals surface area contributed by atoms with Gasteiger partial charge in [0.25, 0.3) is 10.0 Å². The molecule has 0 amide bonds. The van der Waals surface area contributed by atoms with E-state index in [4.69, 9.17) is 16.3 Å². The average Bonchev–Trinajstić information content (AvgIpc) is 2.62. The van der Waals surface area contributed by atoms with Crippen molar-refractivity contribution in [3.8, 4) is 5.75 Å². The Labute approximate surface area is 152 Å². The number of fused-ring (bicyclic) bond motifs is 1. The van der Waals surface area contributed by atoms with Crippen LogP contribution in [0, 0.1) is 0 Å². The molecule has 0 saturated carbocycles. The third-order valence-corrected chi connectivity index (χ3v) is 6.13. The zero-order valence-electron chi connectivity index (χ0n) is 13.9. The molecule has 0 N–H and O–H groups in total. The molecule has 0 saturated heterocycles. The van der Waals surface area contributed by atoms with Crippen molar-refractivity contribution in [1.29, 1.82) is 0 Å². The monoisotopic (exact) mass is 375 g/mol. The van der Waals surface area contributed by atoms with Crippen LogP contribution in [-0.4, -0.2) is 22.1 Å². The first-order valence-corrected chi connectivity index (χ1v) is 9.64. The fourth-order valence-electron chi connectivity index (χ4n) is 2.78. The number of ether oxygens (including phenoxy) is 1. The van der Waals surface area contributed by atoms with Gasteiger partial charge in [0.1, 0.15) is 5.75 Å². The summed E-state index contributed by atoms with van der Waals surface area (Å²) in [6.45, 7) is 2.03. The average molecular weight is 376 g/mol. The molecule has 0 atom stereocenters. The van der Waals surface area contributed by atoms with Gasteiger partial charge in [0.05, 0.1) is 17.7 Å². The smallest absolute Gasteiger partial charge is 0.264 e. The van der Waals surface area contributed by atoms with E-state index in [1.165, 1.54) is 11.4 Å². The Morgan fingerprint density at radius 1 is 1.00 bits per heavy atom. The molecule has 0 aliphatic heterocycles. The number of sulfonamides is 1. The van der Waals surface area contributed by atoms with Crippen LogP contribution in [0.4, 0.5) is 5.69 Å². The molecular weight excluding hydrogens is 358 g/mol. The number of benzene rings is 3. The Bertz CT molecular complexity index is 1020. The first-order chi connectivity index (χ1) is 12.0. The van der Waals surface area contributed by atoms with E-state index >= 15 is 0 Å². The molecule has 0 fully saturated rings. The highest BCUT2D eigenvalue weighted by Crippen LogP contribution is 2.35. The predicted octanol–water partition coefficient (Wildman–Crippen LogP) is 4.72. The molecule has 0 radical (unpaired) electrons. The fourth-order valence-corrected chi connectivity index (χ4v) is 4.46. The number of halogens is 1. The van der Waals surface area contributed by atoms with Crippen LogP contribution in [0.25, 0.3) is 10.8 Å². The van der Waals surface area contributed by atoms with E-state index in [0.29, 0.717) is 16.5 Å². The van der Waals surface area contributed by atoms with Gasteiger partial charge in [0.2, 0.25) is 0 Å². The Morgan fingerprint density at radius 3 is 2.40 bits per heavy atom. The lowest BCUT2D eigenvalue weighted by molar-refractivity contribution is 0.415. The summed E-state index contributed by atoms with van der Waals surface area (Å²) in [6, 6.07) is 17.7. The van der Waals surface area contributed by atoms with Crippen molar-refractivity contribution in [1.82, 2.24) is 0 Å². The maximum absolute atomic E-state index is 13.2. The number of anilines is 1. The van der Waals surface area contributed by atoms with Gasteiger partial charge in [0.15, 0.2) is 0 Å². The van der Waals surface area contributed by atoms with Gasteiger partial charge < -0.3 is 4.74 Å². The second kappa shape index (κ2) is 6.94. The number of hydrogen-bond acceptors (Lipinski definition) is 3. The zero-order valence-corrected chi connectivity index (χ0v) is 15.5. The molecule has 0 bridgehead atoms. The van der Waals surface area contributed by atoms with Crippen molar-refractivity contribution in [3.05, 3.63) is 65.7 Å². The van der Waals surface area contributed by atoms with Crippen LogP contribution >= 0.6 is 11.6 Å².